The van der Waals surface area contributed by atoms with Crippen molar-refractivity contribution in [2.24, 2.45) is 0 Å². The van der Waals surface area contributed by atoms with Crippen molar-refractivity contribution in [3.8, 4) is 0 Å². The first-order chi connectivity index (χ1) is 14.0. The molecule has 0 unspecified atom stereocenters. The van der Waals surface area contributed by atoms with E-state index in [1.54, 1.807) is 0 Å². The maximum atomic E-state index is 13.6. The van der Waals surface area contributed by atoms with Crippen molar-refractivity contribution in [3.63, 3.8) is 0 Å². The number of rotatable bonds is 4. The van der Waals surface area contributed by atoms with Crippen LogP contribution in [0.1, 0.15) is 30.7 Å². The molecule has 0 radical (unpaired) electrons. The molecule has 0 atom stereocenters. The summed E-state index contributed by atoms with van der Waals surface area (Å²) in [5.41, 5.74) is -0.278. The van der Waals surface area contributed by atoms with Crippen LogP contribution in [0.25, 0.3) is 10.7 Å². The molecule has 31 heavy (non-hydrogen) atoms. The lowest BCUT2D eigenvalue weighted by molar-refractivity contribution is 0.501. The molecule has 0 amide bonds. The lowest BCUT2D eigenvalue weighted by Gasteiger charge is -2.33. The Labute approximate surface area is 181 Å². The van der Waals surface area contributed by atoms with Crippen LogP contribution in [0.3, 0.4) is 0 Å². The zero-order valence-electron chi connectivity index (χ0n) is 17.5. The molecule has 3 rings (SSSR count). The molecule has 0 fully saturated rings. The summed E-state index contributed by atoms with van der Waals surface area (Å²) in [6.07, 6.45) is 3.12. The van der Waals surface area contributed by atoms with Gasteiger partial charge in [-0.3, -0.25) is 9.29 Å². The fraction of sp³-hybridized carbons (Fsp3) is 0.316. The number of aliphatic hydroxyl groups is 1. The van der Waals surface area contributed by atoms with Gasteiger partial charge in [0.15, 0.2) is 25.4 Å². The summed E-state index contributed by atoms with van der Waals surface area (Å²) >= 11 is 0. The highest BCUT2D eigenvalue weighted by Crippen LogP contribution is 2.49. The van der Waals surface area contributed by atoms with Crippen LogP contribution >= 0.6 is 0 Å². The first-order valence-electron chi connectivity index (χ1n) is 8.94. The lowest BCUT2D eigenvalue weighted by atomic mass is 9.98. The van der Waals surface area contributed by atoms with Gasteiger partial charge in [-0.15, -0.1) is 0 Å². The number of nitrogens with zero attached hydrogens (tertiary/aromatic N) is 2. The number of pyridine rings is 1. The molecule has 1 aromatic carbocycles. The fourth-order valence-corrected chi connectivity index (χ4v) is 7.07. The van der Waals surface area contributed by atoms with Crippen LogP contribution in [0.15, 0.2) is 41.4 Å². The second-order valence-corrected chi connectivity index (χ2v) is 14.1. The third-order valence-electron chi connectivity index (χ3n) is 5.28. The topological polar surface area (TPSA) is 139 Å². The van der Waals surface area contributed by atoms with Gasteiger partial charge < -0.3 is 5.11 Å². The second kappa shape index (κ2) is 7.04. The SMILES string of the molecule is CN(c1cccc(C2=C(O)c3ncccc3C(C)(C)S2(=O)=O)c1S(C)(=O)=O)S(C)(=O)=O. The van der Waals surface area contributed by atoms with E-state index in [9.17, 15) is 30.4 Å². The van der Waals surface area contributed by atoms with E-state index in [1.807, 2.05) is 0 Å². The number of aromatic nitrogens is 1. The highest BCUT2D eigenvalue weighted by Gasteiger charge is 2.48. The number of benzene rings is 1. The van der Waals surface area contributed by atoms with Gasteiger partial charge in [0.1, 0.15) is 10.6 Å². The van der Waals surface area contributed by atoms with Gasteiger partial charge in [0.05, 0.1) is 21.6 Å². The van der Waals surface area contributed by atoms with E-state index in [1.165, 1.54) is 50.4 Å². The van der Waals surface area contributed by atoms with E-state index < -0.39 is 50.0 Å². The lowest BCUT2D eigenvalue weighted by Crippen LogP contribution is -2.35. The van der Waals surface area contributed by atoms with Gasteiger partial charge in [0.25, 0.3) is 0 Å². The molecule has 1 aromatic heterocycles. The predicted octanol–water partition coefficient (Wildman–Crippen LogP) is 1.93. The van der Waals surface area contributed by atoms with Crippen molar-refractivity contribution >= 4 is 46.0 Å². The third kappa shape index (κ3) is 3.52. The number of aliphatic hydroxyl groups excluding tert-OH is 1. The van der Waals surface area contributed by atoms with Gasteiger partial charge in [-0.05, 0) is 26.0 Å². The number of fused-ring (bicyclic) bond motifs is 1. The molecule has 0 saturated heterocycles. The Balaban J connectivity index is 2.54. The van der Waals surface area contributed by atoms with Crippen molar-refractivity contribution in [1.82, 2.24) is 4.98 Å². The van der Waals surface area contributed by atoms with Crippen LogP contribution < -0.4 is 4.31 Å². The van der Waals surface area contributed by atoms with Crippen LogP contribution in [0.4, 0.5) is 5.69 Å². The Hall–Kier alpha value is -2.44. The highest BCUT2D eigenvalue weighted by molar-refractivity contribution is 8.02. The van der Waals surface area contributed by atoms with E-state index in [0.29, 0.717) is 0 Å². The summed E-state index contributed by atoms with van der Waals surface area (Å²) in [6.45, 7) is 2.86. The third-order valence-corrected chi connectivity index (χ3v) is 10.2. The minimum atomic E-state index is -4.32. The van der Waals surface area contributed by atoms with E-state index in [4.69, 9.17) is 0 Å². The molecule has 0 aliphatic carbocycles. The first-order valence-corrected chi connectivity index (χ1v) is 14.2. The Kier molecular flexibility index (Phi) is 5.27. The van der Waals surface area contributed by atoms with Gasteiger partial charge in [-0.1, -0.05) is 18.2 Å². The van der Waals surface area contributed by atoms with Gasteiger partial charge in [-0.2, -0.15) is 0 Å². The molecule has 0 saturated carbocycles. The molecule has 1 aliphatic rings. The summed E-state index contributed by atoms with van der Waals surface area (Å²) in [5.74, 6) is -0.695. The Morgan fingerprint density at radius 2 is 1.65 bits per heavy atom. The van der Waals surface area contributed by atoms with Crippen molar-refractivity contribution in [2.75, 3.05) is 23.9 Å². The molecule has 0 bridgehead atoms. The monoisotopic (exact) mass is 486 g/mol. The van der Waals surface area contributed by atoms with Gasteiger partial charge >= 0.3 is 0 Å². The molecule has 2 heterocycles. The largest absolute Gasteiger partial charge is 0.504 e. The summed E-state index contributed by atoms with van der Waals surface area (Å²) in [5, 5.41) is 10.9. The number of anilines is 1. The normalized spacial score (nSPS) is 17.8. The molecular weight excluding hydrogens is 464 g/mol. The van der Waals surface area contributed by atoms with Crippen molar-refractivity contribution < 1.29 is 30.4 Å². The Morgan fingerprint density at radius 3 is 2.19 bits per heavy atom. The number of sulfone groups is 2. The van der Waals surface area contributed by atoms with Crippen molar-refractivity contribution in [3.05, 3.63) is 53.3 Å². The van der Waals surface area contributed by atoms with Crippen LogP contribution in [0.5, 0.6) is 0 Å². The minimum absolute atomic E-state index is 0.0126. The minimum Gasteiger partial charge on any atom is -0.504 e. The molecule has 9 nitrogen and oxygen atoms in total. The van der Waals surface area contributed by atoms with E-state index >= 15 is 0 Å². The first kappa shape index (κ1) is 23.2. The maximum absolute atomic E-state index is 13.6. The zero-order chi connectivity index (χ0) is 23.6. The van der Waals surface area contributed by atoms with Crippen LogP contribution in [-0.2, 0) is 34.4 Å². The van der Waals surface area contributed by atoms with Crippen molar-refractivity contribution in [1.29, 1.82) is 0 Å². The highest BCUT2D eigenvalue weighted by atomic mass is 32.2. The predicted molar refractivity (Wildman–Crippen MR) is 118 cm³/mol. The van der Waals surface area contributed by atoms with Crippen molar-refractivity contribution in [2.45, 2.75) is 23.5 Å². The second-order valence-electron chi connectivity index (χ2n) is 7.75. The Morgan fingerprint density at radius 1 is 1.03 bits per heavy atom. The van der Waals surface area contributed by atoms with Gasteiger partial charge in [-0.25, -0.2) is 25.3 Å². The standard InChI is InChI=1S/C19H22N2O7S3/c1-19(2)13-9-7-11-20-15(13)16(22)18(31(19,27)28)12-8-6-10-14(17(12)29(4,23)24)21(3)30(5,25)26/h6-11,22H,1-5H3. The summed E-state index contributed by atoms with van der Waals surface area (Å²) in [6, 6.07) is 6.88. The zero-order valence-corrected chi connectivity index (χ0v) is 19.9. The van der Waals surface area contributed by atoms with Gasteiger partial charge in [0.2, 0.25) is 10.0 Å². The molecule has 2 aromatic rings. The smallest absolute Gasteiger partial charge is 0.232 e. The summed E-state index contributed by atoms with van der Waals surface area (Å²) in [7, 11) is -11.2. The molecule has 0 spiro atoms. The molecule has 1 aliphatic heterocycles. The molecular formula is C19H22N2O7S3. The average Bonchev–Trinajstić information content (AvgIpc) is 2.64. The van der Waals surface area contributed by atoms with Crippen LogP contribution in [0, 0.1) is 0 Å². The van der Waals surface area contributed by atoms with E-state index in [-0.39, 0.29) is 22.5 Å². The number of hydrogen-bond donors (Lipinski definition) is 1. The van der Waals surface area contributed by atoms with Crippen LogP contribution in [-0.4, -0.2) is 54.9 Å². The summed E-state index contributed by atoms with van der Waals surface area (Å²) < 4.78 is 76.1. The quantitative estimate of drug-likeness (QED) is 0.692. The molecule has 168 valence electrons. The Bertz CT molecular complexity index is 1440. The molecule has 12 heteroatoms. The van der Waals surface area contributed by atoms with E-state index in [0.717, 1.165) is 23.9 Å². The van der Waals surface area contributed by atoms with Crippen LogP contribution in [0.2, 0.25) is 0 Å². The average molecular weight is 487 g/mol. The number of sulfonamides is 1. The van der Waals surface area contributed by atoms with E-state index in [2.05, 4.69) is 4.98 Å². The molecule has 1 N–H and O–H groups in total. The van der Waals surface area contributed by atoms with Gasteiger partial charge in [0, 0.05) is 30.6 Å². The maximum Gasteiger partial charge on any atom is 0.232 e. The summed E-state index contributed by atoms with van der Waals surface area (Å²) in [4.78, 5) is 2.96. The fourth-order valence-electron chi connectivity index (χ4n) is 3.51. The number of hydrogen-bond acceptors (Lipinski definition) is 8.